The van der Waals surface area contributed by atoms with Gasteiger partial charge in [0.05, 0.1) is 37.4 Å². The normalized spacial score (nSPS) is 16.0. The second kappa shape index (κ2) is 9.87. The van der Waals surface area contributed by atoms with Crippen LogP contribution < -0.4 is 23.8 Å². The summed E-state index contributed by atoms with van der Waals surface area (Å²) in [4.78, 5) is 13.4. The van der Waals surface area contributed by atoms with Gasteiger partial charge in [0.1, 0.15) is 17.2 Å². The smallest absolute Gasteiger partial charge is 0.264 e. The summed E-state index contributed by atoms with van der Waals surface area (Å²) in [6, 6.07) is 18.3. The molecule has 3 aromatic carbocycles. The van der Waals surface area contributed by atoms with Crippen molar-refractivity contribution in [2.45, 2.75) is 30.9 Å². The van der Waals surface area contributed by atoms with Crippen molar-refractivity contribution in [1.82, 2.24) is 5.32 Å². The van der Waals surface area contributed by atoms with Gasteiger partial charge in [0.25, 0.3) is 15.9 Å². The number of sulfonamides is 1. The lowest BCUT2D eigenvalue weighted by Crippen LogP contribution is -2.51. The molecule has 9 heteroatoms. The zero-order valence-corrected chi connectivity index (χ0v) is 20.8. The third-order valence-electron chi connectivity index (χ3n) is 5.87. The van der Waals surface area contributed by atoms with Crippen molar-refractivity contribution in [3.05, 3.63) is 77.9 Å². The third kappa shape index (κ3) is 4.90. The molecule has 1 aliphatic heterocycles. The van der Waals surface area contributed by atoms with E-state index in [2.05, 4.69) is 5.32 Å². The highest BCUT2D eigenvalue weighted by Gasteiger charge is 2.38. The van der Waals surface area contributed by atoms with Gasteiger partial charge in [-0.2, -0.15) is 0 Å². The van der Waals surface area contributed by atoms with Gasteiger partial charge in [-0.1, -0.05) is 24.3 Å². The van der Waals surface area contributed by atoms with E-state index in [4.69, 9.17) is 14.2 Å². The quantitative estimate of drug-likeness (QED) is 0.534. The number of hydrogen-bond donors (Lipinski definition) is 1. The van der Waals surface area contributed by atoms with Gasteiger partial charge in [-0.15, -0.1) is 0 Å². The van der Waals surface area contributed by atoms with Gasteiger partial charge in [-0.05, 0) is 61.9 Å². The molecule has 1 amide bonds. The maximum atomic E-state index is 13.5. The Balaban J connectivity index is 1.64. The molecule has 3 aromatic rings. The molecule has 0 bridgehead atoms. The summed E-state index contributed by atoms with van der Waals surface area (Å²) >= 11 is 0. The van der Waals surface area contributed by atoms with Gasteiger partial charge in [0.2, 0.25) is 0 Å². The van der Waals surface area contributed by atoms with Crippen LogP contribution in [0.4, 0.5) is 5.69 Å². The van der Waals surface area contributed by atoms with E-state index in [1.807, 2.05) is 19.9 Å². The van der Waals surface area contributed by atoms with E-state index in [1.54, 1.807) is 62.8 Å². The lowest BCUT2D eigenvalue weighted by Gasteiger charge is -2.35. The van der Waals surface area contributed by atoms with Crippen molar-refractivity contribution >= 4 is 21.6 Å². The minimum Gasteiger partial charge on any atom is -0.497 e. The van der Waals surface area contributed by atoms with Gasteiger partial charge in [0.15, 0.2) is 6.10 Å². The highest BCUT2D eigenvalue weighted by Crippen LogP contribution is 2.38. The fourth-order valence-corrected chi connectivity index (χ4v) is 5.50. The van der Waals surface area contributed by atoms with Gasteiger partial charge >= 0.3 is 0 Å². The highest BCUT2D eigenvalue weighted by molar-refractivity contribution is 7.92. The van der Waals surface area contributed by atoms with Crippen molar-refractivity contribution in [2.75, 3.05) is 25.1 Å². The van der Waals surface area contributed by atoms with E-state index in [9.17, 15) is 13.2 Å². The second-order valence-electron chi connectivity index (χ2n) is 8.27. The summed E-state index contributed by atoms with van der Waals surface area (Å²) in [6.45, 7) is 3.52. The van der Waals surface area contributed by atoms with Crippen LogP contribution in [0.1, 0.15) is 24.1 Å². The number of amides is 1. The Morgan fingerprint density at radius 3 is 2.49 bits per heavy atom. The van der Waals surface area contributed by atoms with Crippen molar-refractivity contribution in [3.8, 4) is 17.2 Å². The molecule has 1 aliphatic rings. The van der Waals surface area contributed by atoms with Gasteiger partial charge < -0.3 is 19.5 Å². The summed E-state index contributed by atoms with van der Waals surface area (Å²) in [5.41, 5.74) is 2.00. The number of ether oxygens (including phenoxy) is 3. The average molecular weight is 497 g/mol. The zero-order valence-electron chi connectivity index (χ0n) is 20.0. The van der Waals surface area contributed by atoms with Gasteiger partial charge in [-0.3, -0.25) is 9.10 Å². The van der Waals surface area contributed by atoms with Crippen LogP contribution in [-0.2, 0) is 14.8 Å². The van der Waals surface area contributed by atoms with Crippen LogP contribution in [0.2, 0.25) is 0 Å². The molecule has 0 saturated carbocycles. The van der Waals surface area contributed by atoms with Crippen molar-refractivity contribution < 1.29 is 27.4 Å². The first-order valence-electron chi connectivity index (χ1n) is 11.1. The van der Waals surface area contributed by atoms with Crippen LogP contribution >= 0.6 is 0 Å². The van der Waals surface area contributed by atoms with Gasteiger partial charge in [0, 0.05) is 5.56 Å². The minimum absolute atomic E-state index is 0.142. The largest absolute Gasteiger partial charge is 0.497 e. The van der Waals surface area contributed by atoms with E-state index in [-0.39, 0.29) is 11.4 Å². The van der Waals surface area contributed by atoms with Crippen LogP contribution in [0.15, 0.2) is 71.6 Å². The third-order valence-corrected chi connectivity index (χ3v) is 7.66. The van der Waals surface area contributed by atoms with Crippen LogP contribution in [0.25, 0.3) is 0 Å². The van der Waals surface area contributed by atoms with Crippen LogP contribution in [-0.4, -0.2) is 41.2 Å². The fraction of sp³-hybridized carbons (Fsp3) is 0.269. The molecule has 0 unspecified atom stereocenters. The van der Waals surface area contributed by atoms with E-state index in [0.29, 0.717) is 22.9 Å². The number of aryl methyl sites for hydroxylation is 1. The SMILES string of the molecule is COc1ccc(OC)c([C@@H](C)NC(=O)[C@H]2CN(S(=O)(=O)c3ccccc3)c3cc(C)ccc3O2)c1. The minimum atomic E-state index is -3.92. The summed E-state index contributed by atoms with van der Waals surface area (Å²) in [5, 5.41) is 2.92. The Bertz CT molecular complexity index is 1330. The molecule has 0 fully saturated rings. The zero-order chi connectivity index (χ0) is 25.2. The molecule has 2 atom stereocenters. The van der Waals surface area contributed by atoms with E-state index >= 15 is 0 Å². The summed E-state index contributed by atoms with van der Waals surface area (Å²) in [7, 11) is -0.810. The maximum Gasteiger partial charge on any atom is 0.264 e. The second-order valence-corrected chi connectivity index (χ2v) is 10.1. The first-order chi connectivity index (χ1) is 16.7. The number of carbonyl (C=O) groups excluding carboxylic acids is 1. The molecule has 1 heterocycles. The molecule has 8 nitrogen and oxygen atoms in total. The van der Waals surface area contributed by atoms with Crippen molar-refractivity contribution in [1.29, 1.82) is 0 Å². The first kappa shape index (κ1) is 24.4. The number of anilines is 1. The number of benzene rings is 3. The molecule has 0 spiro atoms. The molecule has 1 N–H and O–H groups in total. The van der Waals surface area contributed by atoms with Gasteiger partial charge in [-0.25, -0.2) is 8.42 Å². The summed E-state index contributed by atoms with van der Waals surface area (Å²) in [6.07, 6.45) is -1.05. The Morgan fingerprint density at radius 1 is 1.06 bits per heavy atom. The Kier molecular flexibility index (Phi) is 6.88. The molecule has 0 aliphatic carbocycles. The number of hydrogen-bond acceptors (Lipinski definition) is 6. The summed E-state index contributed by atoms with van der Waals surface area (Å²) < 4.78 is 45.0. The highest BCUT2D eigenvalue weighted by atomic mass is 32.2. The first-order valence-corrected chi connectivity index (χ1v) is 12.6. The Morgan fingerprint density at radius 2 is 1.80 bits per heavy atom. The lowest BCUT2D eigenvalue weighted by atomic mass is 10.1. The van der Waals surface area contributed by atoms with E-state index in [1.165, 1.54) is 16.4 Å². The standard InChI is InChI=1S/C26H28N2O6S/c1-17-10-12-24-22(14-17)28(35(30,31)20-8-6-5-7-9-20)16-25(34-24)26(29)27-18(2)21-15-19(32-3)11-13-23(21)33-4/h5-15,18,25H,16H2,1-4H3,(H,27,29)/t18-,25-/m1/s1. The van der Waals surface area contributed by atoms with Crippen LogP contribution in [0, 0.1) is 6.92 Å². The molecule has 0 radical (unpaired) electrons. The van der Waals surface area contributed by atoms with Crippen LogP contribution in [0.3, 0.4) is 0 Å². The number of nitrogens with zero attached hydrogens (tertiary/aromatic N) is 1. The molecular weight excluding hydrogens is 468 g/mol. The van der Waals surface area contributed by atoms with Crippen molar-refractivity contribution in [3.63, 3.8) is 0 Å². The van der Waals surface area contributed by atoms with Crippen molar-refractivity contribution in [2.24, 2.45) is 0 Å². The number of rotatable bonds is 7. The lowest BCUT2D eigenvalue weighted by molar-refractivity contribution is -0.128. The average Bonchev–Trinajstić information content (AvgIpc) is 2.87. The number of fused-ring (bicyclic) bond motifs is 1. The topological polar surface area (TPSA) is 94.2 Å². The molecule has 0 aromatic heterocycles. The Hall–Kier alpha value is -3.72. The summed E-state index contributed by atoms with van der Waals surface area (Å²) in [5.74, 6) is 1.10. The number of methoxy groups -OCH3 is 2. The fourth-order valence-electron chi connectivity index (χ4n) is 4.01. The molecule has 35 heavy (non-hydrogen) atoms. The van der Waals surface area contributed by atoms with E-state index in [0.717, 1.165) is 11.1 Å². The molecular formula is C26H28N2O6S. The predicted octanol–water partition coefficient (Wildman–Crippen LogP) is 3.85. The molecule has 184 valence electrons. The number of carbonyl (C=O) groups is 1. The monoisotopic (exact) mass is 496 g/mol. The predicted molar refractivity (Wildman–Crippen MR) is 133 cm³/mol. The number of nitrogens with one attached hydrogen (secondary N) is 1. The molecule has 4 rings (SSSR count). The maximum absolute atomic E-state index is 13.5. The van der Waals surface area contributed by atoms with Crippen LogP contribution in [0.5, 0.6) is 17.2 Å². The van der Waals surface area contributed by atoms with E-state index < -0.39 is 28.1 Å². The molecule has 0 saturated heterocycles. The Labute approximate surface area is 205 Å².